The lowest BCUT2D eigenvalue weighted by molar-refractivity contribution is 0.00285. The first-order valence-electron chi connectivity index (χ1n) is 10.2. The minimum atomic E-state index is -0.958. The minimum Gasteiger partial charge on any atom is -0.400 e. The molecular weight excluding hydrogens is 422 g/mol. The number of thioether (sulfide) groups is 1. The van der Waals surface area contributed by atoms with E-state index >= 15 is 0 Å². The van der Waals surface area contributed by atoms with Gasteiger partial charge in [-0.1, -0.05) is 49.9 Å². The van der Waals surface area contributed by atoms with E-state index in [0.717, 1.165) is 19.6 Å². The van der Waals surface area contributed by atoms with Crippen LogP contribution < -0.4 is 5.32 Å². The number of fused-ring (bicyclic) bond motifs is 1. The van der Waals surface area contributed by atoms with Gasteiger partial charge in [0, 0.05) is 42.6 Å². The van der Waals surface area contributed by atoms with Gasteiger partial charge >= 0.3 is 0 Å². The van der Waals surface area contributed by atoms with Gasteiger partial charge in [0.05, 0.1) is 6.61 Å². The van der Waals surface area contributed by atoms with Gasteiger partial charge < -0.3 is 15.2 Å². The highest BCUT2D eigenvalue weighted by atomic mass is 32.2. The molecule has 1 amide bonds. The fraction of sp³-hybridized carbons (Fsp3) is 0.391. The number of nitrogens with one attached hydrogen (secondary N) is 1. The lowest BCUT2D eigenvalue weighted by Crippen LogP contribution is -2.49. The van der Waals surface area contributed by atoms with Crippen LogP contribution >= 0.6 is 11.8 Å². The molecule has 0 aliphatic carbocycles. The van der Waals surface area contributed by atoms with Gasteiger partial charge in [0.1, 0.15) is 17.2 Å². The summed E-state index contributed by atoms with van der Waals surface area (Å²) >= 11 is 1.44. The van der Waals surface area contributed by atoms with Crippen LogP contribution in [-0.2, 0) is 10.3 Å². The van der Waals surface area contributed by atoms with Crippen LogP contribution in [0.5, 0.6) is 0 Å². The predicted octanol–water partition coefficient (Wildman–Crippen LogP) is 4.36. The summed E-state index contributed by atoms with van der Waals surface area (Å²) in [5, 5.41) is 10.2. The van der Waals surface area contributed by atoms with Gasteiger partial charge in [-0.3, -0.25) is 4.79 Å². The number of halogens is 2. The molecule has 1 saturated heterocycles. The zero-order valence-electron chi connectivity index (χ0n) is 17.9. The lowest BCUT2D eigenvalue weighted by atomic mass is 9.76. The number of amides is 1. The van der Waals surface area contributed by atoms with Gasteiger partial charge in [0.25, 0.3) is 5.91 Å². The molecule has 2 aromatic rings. The van der Waals surface area contributed by atoms with Crippen LogP contribution in [0.15, 0.2) is 53.5 Å². The van der Waals surface area contributed by atoms with E-state index in [1.165, 1.54) is 23.9 Å². The van der Waals surface area contributed by atoms with Gasteiger partial charge in [-0.2, -0.15) is 0 Å². The molecular formula is C23H28F2N2O3S. The van der Waals surface area contributed by atoms with Crippen LogP contribution in [0.2, 0.25) is 0 Å². The first-order chi connectivity index (χ1) is 15.1. The molecule has 0 saturated carbocycles. The van der Waals surface area contributed by atoms with Gasteiger partial charge in [-0.25, -0.2) is 13.8 Å². The van der Waals surface area contributed by atoms with E-state index in [-0.39, 0.29) is 18.4 Å². The average Bonchev–Trinajstić information content (AvgIpc) is 2.82. The molecule has 2 aromatic carbocycles. The number of hydrogen-bond donors (Lipinski definition) is 2. The van der Waals surface area contributed by atoms with Crippen molar-refractivity contribution in [1.29, 1.82) is 0 Å². The number of carbonyl (C=O) groups excluding carboxylic acids is 1. The second kappa shape index (κ2) is 11.9. The standard InChI is InChI=1S/C20H18F2N2O2S.C2H6.CH4O/c21-15-6-7-16(17(22)10-15)20-12-26-9-8-14(20)11-27-19(24-20)23-18(25)13-4-2-1-3-5-13;2*1-2/h1-7,10,14H,8-9,11-12H2,(H,23,24,25);1-2H3;2H,1H3. The van der Waals surface area contributed by atoms with Crippen LogP contribution in [0.4, 0.5) is 8.78 Å². The summed E-state index contributed by atoms with van der Waals surface area (Å²) in [6.45, 7) is 4.78. The highest BCUT2D eigenvalue weighted by Crippen LogP contribution is 2.45. The molecule has 168 valence electrons. The summed E-state index contributed by atoms with van der Waals surface area (Å²) in [5.74, 6) is -0.823. The first-order valence-corrected chi connectivity index (χ1v) is 11.1. The number of aliphatic hydroxyl groups is 1. The summed E-state index contributed by atoms with van der Waals surface area (Å²) in [7, 11) is 1.00. The molecule has 2 aliphatic rings. The summed E-state index contributed by atoms with van der Waals surface area (Å²) in [5.41, 5.74) is -0.134. The highest BCUT2D eigenvalue weighted by Gasteiger charge is 2.47. The number of carbonyl (C=O) groups is 1. The van der Waals surface area contributed by atoms with E-state index in [1.54, 1.807) is 24.3 Å². The van der Waals surface area contributed by atoms with Crippen molar-refractivity contribution in [2.45, 2.75) is 25.8 Å². The monoisotopic (exact) mass is 450 g/mol. The van der Waals surface area contributed by atoms with Crippen molar-refractivity contribution in [3.63, 3.8) is 0 Å². The normalized spacial score (nSPS) is 21.9. The van der Waals surface area contributed by atoms with Crippen molar-refractivity contribution in [1.82, 2.24) is 5.32 Å². The topological polar surface area (TPSA) is 70.9 Å². The summed E-state index contributed by atoms with van der Waals surface area (Å²) in [6.07, 6.45) is 0.729. The number of aliphatic hydroxyl groups excluding tert-OH is 1. The Morgan fingerprint density at radius 1 is 1.19 bits per heavy atom. The zero-order chi connectivity index (χ0) is 22.9. The molecule has 0 radical (unpaired) electrons. The van der Waals surface area contributed by atoms with E-state index < -0.39 is 17.2 Å². The number of nitrogens with zero attached hydrogens (tertiary/aromatic N) is 1. The second-order valence-electron chi connectivity index (χ2n) is 6.63. The lowest BCUT2D eigenvalue weighted by Gasteiger charge is -2.44. The molecule has 31 heavy (non-hydrogen) atoms. The largest absolute Gasteiger partial charge is 0.400 e. The molecule has 8 heteroatoms. The van der Waals surface area contributed by atoms with Crippen molar-refractivity contribution < 1.29 is 23.4 Å². The Labute approximate surface area is 185 Å². The predicted molar refractivity (Wildman–Crippen MR) is 120 cm³/mol. The number of hydrogen-bond acceptors (Lipinski definition) is 5. The van der Waals surface area contributed by atoms with Crippen LogP contribution in [-0.4, -0.2) is 42.3 Å². The fourth-order valence-corrected chi connectivity index (χ4v) is 4.76. The smallest absolute Gasteiger partial charge is 0.257 e. The Morgan fingerprint density at radius 3 is 2.58 bits per heavy atom. The third-order valence-corrected chi connectivity index (χ3v) is 6.02. The Morgan fingerprint density at radius 2 is 1.90 bits per heavy atom. The van der Waals surface area contributed by atoms with E-state index in [2.05, 4.69) is 5.32 Å². The minimum absolute atomic E-state index is 0.0496. The molecule has 5 nitrogen and oxygen atoms in total. The van der Waals surface area contributed by atoms with Crippen LogP contribution in [0, 0.1) is 17.6 Å². The number of rotatable bonds is 2. The first kappa shape index (κ1) is 25.0. The maximum absolute atomic E-state index is 14.6. The Balaban J connectivity index is 0.000000807. The van der Waals surface area contributed by atoms with Crippen LogP contribution in [0.25, 0.3) is 0 Å². The SMILES string of the molecule is CC.CO.O=C(NC1=NC2(c3ccc(F)cc3F)COCCC2CS1)c1ccccc1. The second-order valence-corrected chi connectivity index (χ2v) is 7.64. The maximum atomic E-state index is 14.6. The molecule has 2 atom stereocenters. The van der Waals surface area contributed by atoms with Crippen LogP contribution in [0.1, 0.15) is 36.2 Å². The molecule has 2 unspecified atom stereocenters. The van der Waals surface area contributed by atoms with Crippen molar-refractivity contribution >= 4 is 22.8 Å². The van der Waals surface area contributed by atoms with Crippen molar-refractivity contribution in [2.24, 2.45) is 10.9 Å². The fourth-order valence-electron chi connectivity index (χ4n) is 3.57. The van der Waals surface area contributed by atoms with Gasteiger partial charge in [-0.05, 0) is 24.6 Å². The molecule has 1 fully saturated rings. The molecule has 0 aromatic heterocycles. The van der Waals surface area contributed by atoms with E-state index in [0.29, 0.717) is 28.7 Å². The van der Waals surface area contributed by atoms with Gasteiger partial charge in [0.2, 0.25) is 0 Å². The van der Waals surface area contributed by atoms with Gasteiger partial charge in [-0.15, -0.1) is 0 Å². The number of benzene rings is 2. The van der Waals surface area contributed by atoms with E-state index in [9.17, 15) is 13.6 Å². The van der Waals surface area contributed by atoms with Crippen molar-refractivity contribution in [3.05, 3.63) is 71.3 Å². The van der Waals surface area contributed by atoms with E-state index in [4.69, 9.17) is 14.8 Å². The Hall–Kier alpha value is -2.29. The van der Waals surface area contributed by atoms with Crippen LogP contribution in [0.3, 0.4) is 0 Å². The third-order valence-electron chi connectivity index (χ3n) is 4.98. The summed E-state index contributed by atoms with van der Waals surface area (Å²) in [4.78, 5) is 17.2. The highest BCUT2D eigenvalue weighted by molar-refractivity contribution is 8.13. The third kappa shape index (κ3) is 5.70. The Kier molecular flexibility index (Phi) is 9.61. The molecule has 2 aliphatic heterocycles. The Bertz CT molecular complexity index is 896. The van der Waals surface area contributed by atoms with E-state index in [1.807, 2.05) is 19.9 Å². The molecule has 4 rings (SSSR count). The molecule has 0 spiro atoms. The van der Waals surface area contributed by atoms with Crippen molar-refractivity contribution in [2.75, 3.05) is 26.1 Å². The number of aliphatic imine (C=N–C) groups is 1. The molecule has 2 heterocycles. The quantitative estimate of drug-likeness (QED) is 0.713. The molecule has 0 bridgehead atoms. The average molecular weight is 451 g/mol. The van der Waals surface area contributed by atoms with Gasteiger partial charge in [0.15, 0.2) is 5.17 Å². The summed E-state index contributed by atoms with van der Waals surface area (Å²) in [6, 6.07) is 12.4. The molecule has 2 N–H and O–H groups in total. The maximum Gasteiger partial charge on any atom is 0.257 e. The van der Waals surface area contributed by atoms with Crippen molar-refractivity contribution in [3.8, 4) is 0 Å². The number of ether oxygens (including phenoxy) is 1. The number of amidine groups is 1. The zero-order valence-corrected chi connectivity index (χ0v) is 18.7. The summed E-state index contributed by atoms with van der Waals surface area (Å²) < 4.78 is 33.6.